The van der Waals surface area contributed by atoms with Crippen molar-refractivity contribution in [2.24, 2.45) is 0 Å². The molecule has 8 heteroatoms. The number of aromatic nitrogens is 1. The number of anilines is 2. The lowest BCUT2D eigenvalue weighted by atomic mass is 9.94. The molecule has 4 rings (SSSR count). The highest BCUT2D eigenvalue weighted by Gasteiger charge is 2.34. The van der Waals surface area contributed by atoms with Crippen molar-refractivity contribution < 1.29 is 14.4 Å². The maximum absolute atomic E-state index is 13.9. The summed E-state index contributed by atoms with van der Waals surface area (Å²) in [5.74, 6) is -0.187. The van der Waals surface area contributed by atoms with Gasteiger partial charge in [0.05, 0.1) is 0 Å². The summed E-state index contributed by atoms with van der Waals surface area (Å²) in [5, 5.41) is 6.53. The standard InChI is InChI=1S/C31H35ClN4O3/c1-22-10-5-6-13-26(22)36(29(38)16-9-15-28(37)35-27-14-7-8-21-33-27)30(23-17-19-24(32)20-18-23)31(39)34-25-11-3-2-4-12-25/h5-8,10,13-14,17-21,25,30H,2-4,9,11-12,15-16H2,1H3,(H,34,39)(H,33,35,37)/t30-/m1/s1. The summed E-state index contributed by atoms with van der Waals surface area (Å²) in [4.78, 5) is 45.9. The van der Waals surface area contributed by atoms with Gasteiger partial charge >= 0.3 is 0 Å². The van der Waals surface area contributed by atoms with E-state index < -0.39 is 6.04 Å². The van der Waals surface area contributed by atoms with Crippen molar-refractivity contribution in [2.45, 2.75) is 70.4 Å². The Morgan fingerprint density at radius 2 is 1.67 bits per heavy atom. The van der Waals surface area contributed by atoms with Crippen LogP contribution in [0.4, 0.5) is 11.5 Å². The Bertz CT molecular complexity index is 1260. The molecule has 2 aromatic carbocycles. The van der Waals surface area contributed by atoms with Gasteiger partial charge in [-0.25, -0.2) is 4.98 Å². The highest BCUT2D eigenvalue weighted by atomic mass is 35.5. The number of amides is 3. The molecule has 7 nitrogen and oxygen atoms in total. The fourth-order valence-electron chi connectivity index (χ4n) is 5.00. The van der Waals surface area contributed by atoms with Crippen molar-refractivity contribution >= 4 is 40.8 Å². The molecule has 0 spiro atoms. The van der Waals surface area contributed by atoms with Crippen molar-refractivity contribution in [1.82, 2.24) is 10.3 Å². The number of hydrogen-bond donors (Lipinski definition) is 2. The average molecular weight is 547 g/mol. The molecular formula is C31H35ClN4O3. The number of nitrogens with one attached hydrogen (secondary N) is 2. The van der Waals surface area contributed by atoms with Gasteiger partial charge in [-0.2, -0.15) is 0 Å². The molecule has 2 N–H and O–H groups in total. The van der Waals surface area contributed by atoms with Crippen LogP contribution in [-0.4, -0.2) is 28.7 Å². The minimum atomic E-state index is -0.875. The molecule has 3 amide bonds. The molecule has 0 bridgehead atoms. The Morgan fingerprint density at radius 3 is 2.36 bits per heavy atom. The van der Waals surface area contributed by atoms with Crippen LogP contribution in [0.2, 0.25) is 5.02 Å². The molecule has 0 unspecified atom stereocenters. The molecular weight excluding hydrogens is 512 g/mol. The van der Waals surface area contributed by atoms with Crippen LogP contribution < -0.4 is 15.5 Å². The van der Waals surface area contributed by atoms with Gasteiger partial charge in [0.15, 0.2) is 0 Å². The summed E-state index contributed by atoms with van der Waals surface area (Å²) in [6.07, 6.45) is 7.40. The lowest BCUT2D eigenvalue weighted by Crippen LogP contribution is -2.47. The monoisotopic (exact) mass is 546 g/mol. The Labute approximate surface area is 235 Å². The number of nitrogens with zero attached hydrogens (tertiary/aromatic N) is 2. The first-order valence-corrected chi connectivity index (χ1v) is 13.9. The van der Waals surface area contributed by atoms with E-state index in [9.17, 15) is 14.4 Å². The molecule has 1 aromatic heterocycles. The summed E-state index contributed by atoms with van der Waals surface area (Å²) in [6, 6.07) is 19.1. The van der Waals surface area contributed by atoms with E-state index in [4.69, 9.17) is 11.6 Å². The van der Waals surface area contributed by atoms with Gasteiger partial charge in [-0.15, -0.1) is 0 Å². The number of benzene rings is 2. The Kier molecular flexibility index (Phi) is 10.1. The number of carbonyl (C=O) groups is 3. The zero-order valence-electron chi connectivity index (χ0n) is 22.2. The van der Waals surface area contributed by atoms with Gasteiger partial charge in [-0.1, -0.05) is 67.3 Å². The Balaban J connectivity index is 1.58. The fraction of sp³-hybridized carbons (Fsp3) is 0.355. The summed E-state index contributed by atoms with van der Waals surface area (Å²) < 4.78 is 0. The number of pyridine rings is 1. The number of halogens is 1. The first-order valence-electron chi connectivity index (χ1n) is 13.6. The summed E-state index contributed by atoms with van der Waals surface area (Å²) >= 11 is 6.17. The van der Waals surface area contributed by atoms with Crippen LogP contribution in [-0.2, 0) is 14.4 Å². The minimum absolute atomic E-state index is 0.0881. The lowest BCUT2D eigenvalue weighted by molar-refractivity contribution is -0.127. The van der Waals surface area contributed by atoms with Crippen LogP contribution >= 0.6 is 11.6 Å². The van der Waals surface area contributed by atoms with Crippen LogP contribution in [0, 0.1) is 6.92 Å². The van der Waals surface area contributed by atoms with Gasteiger partial charge in [0.25, 0.3) is 0 Å². The van der Waals surface area contributed by atoms with E-state index in [1.165, 1.54) is 6.42 Å². The molecule has 1 saturated carbocycles. The molecule has 1 aliphatic carbocycles. The molecule has 0 radical (unpaired) electrons. The van der Waals surface area contributed by atoms with E-state index in [0.717, 1.165) is 31.2 Å². The lowest BCUT2D eigenvalue weighted by Gasteiger charge is -2.34. The summed E-state index contributed by atoms with van der Waals surface area (Å²) in [6.45, 7) is 1.92. The number of rotatable bonds is 10. The number of carbonyl (C=O) groups excluding carboxylic acids is 3. The molecule has 1 aliphatic rings. The third kappa shape index (κ3) is 7.90. The van der Waals surface area contributed by atoms with Gasteiger partial charge in [0.2, 0.25) is 17.7 Å². The van der Waals surface area contributed by atoms with Crippen LogP contribution in [0.3, 0.4) is 0 Å². The normalized spacial score (nSPS) is 14.3. The largest absolute Gasteiger partial charge is 0.351 e. The van der Waals surface area contributed by atoms with E-state index in [1.807, 2.05) is 31.2 Å². The highest BCUT2D eigenvalue weighted by molar-refractivity contribution is 6.30. The molecule has 0 saturated heterocycles. The van der Waals surface area contributed by atoms with E-state index in [-0.39, 0.29) is 36.6 Å². The molecule has 1 heterocycles. The second-order valence-electron chi connectivity index (χ2n) is 9.96. The van der Waals surface area contributed by atoms with Gasteiger partial charge in [-0.3, -0.25) is 19.3 Å². The minimum Gasteiger partial charge on any atom is -0.351 e. The van der Waals surface area contributed by atoms with Gasteiger partial charge in [0, 0.05) is 35.8 Å². The highest BCUT2D eigenvalue weighted by Crippen LogP contribution is 2.32. The van der Waals surface area contributed by atoms with Gasteiger partial charge in [0.1, 0.15) is 11.9 Å². The third-order valence-electron chi connectivity index (χ3n) is 7.01. The fourth-order valence-corrected chi connectivity index (χ4v) is 5.13. The predicted molar refractivity (Wildman–Crippen MR) is 155 cm³/mol. The average Bonchev–Trinajstić information content (AvgIpc) is 2.94. The number of aryl methyl sites for hydroxylation is 1. The molecule has 39 heavy (non-hydrogen) atoms. The maximum Gasteiger partial charge on any atom is 0.248 e. The van der Waals surface area contributed by atoms with E-state index in [0.29, 0.717) is 28.5 Å². The van der Waals surface area contributed by atoms with Crippen molar-refractivity contribution in [3.63, 3.8) is 0 Å². The first kappa shape index (κ1) is 28.3. The van der Waals surface area contributed by atoms with Crippen molar-refractivity contribution in [3.05, 3.63) is 89.1 Å². The third-order valence-corrected chi connectivity index (χ3v) is 7.27. The molecule has 1 atom stereocenters. The zero-order valence-corrected chi connectivity index (χ0v) is 23.0. The molecule has 0 aliphatic heterocycles. The quantitative estimate of drug-likeness (QED) is 0.309. The van der Waals surface area contributed by atoms with E-state index in [1.54, 1.807) is 53.6 Å². The van der Waals surface area contributed by atoms with Crippen LogP contribution in [0.5, 0.6) is 0 Å². The Hall–Kier alpha value is -3.71. The van der Waals surface area contributed by atoms with Gasteiger partial charge in [-0.05, 0) is 67.6 Å². The molecule has 3 aromatic rings. The Morgan fingerprint density at radius 1 is 0.949 bits per heavy atom. The van der Waals surface area contributed by atoms with E-state index in [2.05, 4.69) is 15.6 Å². The maximum atomic E-state index is 13.9. The van der Waals surface area contributed by atoms with E-state index >= 15 is 0 Å². The smallest absolute Gasteiger partial charge is 0.248 e. The van der Waals surface area contributed by atoms with Crippen molar-refractivity contribution in [2.75, 3.05) is 10.2 Å². The number of para-hydroxylation sites is 1. The van der Waals surface area contributed by atoms with Crippen LogP contribution in [0.15, 0.2) is 72.9 Å². The topological polar surface area (TPSA) is 91.4 Å². The molecule has 204 valence electrons. The summed E-state index contributed by atoms with van der Waals surface area (Å²) in [5.41, 5.74) is 2.22. The van der Waals surface area contributed by atoms with Crippen molar-refractivity contribution in [3.8, 4) is 0 Å². The van der Waals surface area contributed by atoms with Gasteiger partial charge < -0.3 is 10.6 Å². The predicted octanol–water partition coefficient (Wildman–Crippen LogP) is 6.38. The van der Waals surface area contributed by atoms with Crippen LogP contribution in [0.1, 0.15) is 68.5 Å². The molecule has 1 fully saturated rings. The second kappa shape index (κ2) is 13.9. The van der Waals surface area contributed by atoms with Crippen LogP contribution in [0.25, 0.3) is 0 Å². The zero-order chi connectivity index (χ0) is 27.6. The second-order valence-corrected chi connectivity index (χ2v) is 10.4. The number of hydrogen-bond acceptors (Lipinski definition) is 4. The SMILES string of the molecule is Cc1ccccc1N(C(=O)CCCC(=O)Nc1ccccn1)[C@@H](C(=O)NC1CCCCC1)c1ccc(Cl)cc1. The summed E-state index contributed by atoms with van der Waals surface area (Å²) in [7, 11) is 0. The van der Waals surface area contributed by atoms with Crippen molar-refractivity contribution in [1.29, 1.82) is 0 Å². The first-order chi connectivity index (χ1) is 18.9.